The van der Waals surface area contributed by atoms with Gasteiger partial charge in [0.25, 0.3) is 5.91 Å². The maximum absolute atomic E-state index is 12.2. The van der Waals surface area contributed by atoms with Crippen molar-refractivity contribution >= 4 is 5.91 Å². The molecule has 0 spiro atoms. The van der Waals surface area contributed by atoms with E-state index in [-0.39, 0.29) is 5.91 Å². The number of amides is 1. The monoisotopic (exact) mass is 251 g/mol. The SMILES string of the molecule is CCN1CCN(C(=O)c2cn(CCN)cn2)CC1. The molecule has 1 saturated heterocycles. The molecular formula is C12H21N5O. The molecule has 1 aromatic heterocycles. The Hall–Kier alpha value is -1.40. The molecule has 100 valence electrons. The van der Waals surface area contributed by atoms with Crippen LogP contribution in [0.5, 0.6) is 0 Å². The van der Waals surface area contributed by atoms with Gasteiger partial charge in [-0.1, -0.05) is 6.92 Å². The van der Waals surface area contributed by atoms with Gasteiger partial charge in [-0.25, -0.2) is 4.98 Å². The van der Waals surface area contributed by atoms with E-state index in [1.807, 2.05) is 9.47 Å². The van der Waals surface area contributed by atoms with Crippen molar-refractivity contribution in [3.05, 3.63) is 18.2 Å². The second-order valence-corrected chi connectivity index (χ2v) is 4.51. The Kier molecular flexibility index (Phi) is 4.33. The first-order valence-electron chi connectivity index (χ1n) is 6.48. The predicted octanol–water partition coefficient (Wildman–Crippen LogP) is -0.380. The van der Waals surface area contributed by atoms with Gasteiger partial charge in [0.1, 0.15) is 5.69 Å². The third-order valence-corrected chi connectivity index (χ3v) is 3.35. The topological polar surface area (TPSA) is 67.4 Å². The van der Waals surface area contributed by atoms with Gasteiger partial charge >= 0.3 is 0 Å². The van der Waals surface area contributed by atoms with Crippen molar-refractivity contribution in [1.29, 1.82) is 0 Å². The van der Waals surface area contributed by atoms with E-state index >= 15 is 0 Å². The number of carbonyl (C=O) groups excluding carboxylic acids is 1. The molecule has 2 rings (SSSR count). The average Bonchev–Trinajstić information content (AvgIpc) is 2.87. The zero-order valence-electron chi connectivity index (χ0n) is 10.9. The standard InChI is InChI=1S/C12H21N5O/c1-2-15-5-7-17(8-6-15)12(18)11-9-16(4-3-13)10-14-11/h9-10H,2-8,13H2,1H3. The van der Waals surface area contributed by atoms with Crippen LogP contribution in [0, 0.1) is 0 Å². The maximum Gasteiger partial charge on any atom is 0.274 e. The first kappa shape index (κ1) is 13.0. The van der Waals surface area contributed by atoms with E-state index < -0.39 is 0 Å². The fourth-order valence-electron chi connectivity index (χ4n) is 2.17. The number of piperazine rings is 1. The van der Waals surface area contributed by atoms with E-state index in [4.69, 9.17) is 5.73 Å². The van der Waals surface area contributed by atoms with E-state index in [2.05, 4.69) is 16.8 Å². The first-order chi connectivity index (χ1) is 8.74. The Labute approximate surface area is 107 Å². The van der Waals surface area contributed by atoms with Crippen molar-refractivity contribution in [2.45, 2.75) is 13.5 Å². The smallest absolute Gasteiger partial charge is 0.274 e. The molecule has 2 heterocycles. The lowest BCUT2D eigenvalue weighted by Crippen LogP contribution is -2.48. The summed E-state index contributed by atoms with van der Waals surface area (Å²) >= 11 is 0. The lowest BCUT2D eigenvalue weighted by Gasteiger charge is -2.33. The molecule has 1 aromatic rings. The van der Waals surface area contributed by atoms with E-state index in [1.165, 1.54) is 0 Å². The highest BCUT2D eigenvalue weighted by atomic mass is 16.2. The molecule has 0 aromatic carbocycles. The quantitative estimate of drug-likeness (QED) is 0.792. The van der Waals surface area contributed by atoms with E-state index in [0.29, 0.717) is 18.8 Å². The van der Waals surface area contributed by atoms with Crippen LogP contribution in [0.3, 0.4) is 0 Å². The van der Waals surface area contributed by atoms with Crippen LogP contribution >= 0.6 is 0 Å². The Balaban J connectivity index is 1.94. The molecule has 0 saturated carbocycles. The van der Waals surface area contributed by atoms with Gasteiger partial charge < -0.3 is 20.1 Å². The lowest BCUT2D eigenvalue weighted by molar-refractivity contribution is 0.0638. The summed E-state index contributed by atoms with van der Waals surface area (Å²) in [7, 11) is 0. The fraction of sp³-hybridized carbons (Fsp3) is 0.667. The molecule has 1 fully saturated rings. The molecule has 1 aliphatic rings. The van der Waals surface area contributed by atoms with Crippen LogP contribution in [0.4, 0.5) is 0 Å². The highest BCUT2D eigenvalue weighted by Gasteiger charge is 2.22. The number of hydrogen-bond donors (Lipinski definition) is 1. The van der Waals surface area contributed by atoms with Crippen LogP contribution in [-0.2, 0) is 6.54 Å². The number of nitrogens with two attached hydrogens (primary N) is 1. The van der Waals surface area contributed by atoms with Gasteiger partial charge in [-0.05, 0) is 6.54 Å². The molecule has 1 amide bonds. The molecule has 0 radical (unpaired) electrons. The highest BCUT2D eigenvalue weighted by molar-refractivity contribution is 5.92. The molecule has 0 atom stereocenters. The van der Waals surface area contributed by atoms with Crippen molar-refractivity contribution < 1.29 is 4.79 Å². The van der Waals surface area contributed by atoms with E-state index in [1.54, 1.807) is 12.5 Å². The van der Waals surface area contributed by atoms with Gasteiger partial charge in [0.05, 0.1) is 6.33 Å². The summed E-state index contributed by atoms with van der Waals surface area (Å²) in [6, 6.07) is 0. The lowest BCUT2D eigenvalue weighted by atomic mass is 10.3. The normalized spacial score (nSPS) is 17.1. The number of hydrogen-bond acceptors (Lipinski definition) is 4. The molecule has 2 N–H and O–H groups in total. The van der Waals surface area contributed by atoms with Crippen LogP contribution in [0.25, 0.3) is 0 Å². The summed E-state index contributed by atoms with van der Waals surface area (Å²) in [5.74, 6) is 0.0292. The summed E-state index contributed by atoms with van der Waals surface area (Å²) < 4.78 is 1.86. The summed E-state index contributed by atoms with van der Waals surface area (Å²) in [6.45, 7) is 7.92. The molecule has 18 heavy (non-hydrogen) atoms. The number of imidazole rings is 1. The third-order valence-electron chi connectivity index (χ3n) is 3.35. The zero-order valence-corrected chi connectivity index (χ0v) is 10.9. The van der Waals surface area contributed by atoms with Crippen molar-refractivity contribution in [2.75, 3.05) is 39.3 Å². The highest BCUT2D eigenvalue weighted by Crippen LogP contribution is 2.07. The van der Waals surface area contributed by atoms with Crippen LogP contribution in [0.15, 0.2) is 12.5 Å². The van der Waals surface area contributed by atoms with Gasteiger partial charge in [0, 0.05) is 45.5 Å². The Morgan fingerprint density at radius 2 is 2.11 bits per heavy atom. The average molecular weight is 251 g/mol. The molecule has 6 nitrogen and oxygen atoms in total. The molecule has 0 aliphatic carbocycles. The number of carbonyl (C=O) groups is 1. The van der Waals surface area contributed by atoms with E-state index in [9.17, 15) is 4.79 Å². The van der Waals surface area contributed by atoms with Crippen molar-refractivity contribution in [3.8, 4) is 0 Å². The molecule has 1 aliphatic heterocycles. The molecule has 6 heteroatoms. The van der Waals surface area contributed by atoms with Crippen molar-refractivity contribution in [3.63, 3.8) is 0 Å². The summed E-state index contributed by atoms with van der Waals surface area (Å²) in [5, 5.41) is 0. The molecule has 0 bridgehead atoms. The minimum absolute atomic E-state index is 0.0292. The number of rotatable bonds is 4. The Morgan fingerprint density at radius 1 is 1.39 bits per heavy atom. The second-order valence-electron chi connectivity index (χ2n) is 4.51. The Morgan fingerprint density at radius 3 is 2.72 bits per heavy atom. The van der Waals surface area contributed by atoms with Crippen LogP contribution in [-0.4, -0.2) is 64.5 Å². The van der Waals surface area contributed by atoms with Crippen molar-refractivity contribution in [2.24, 2.45) is 5.73 Å². The predicted molar refractivity (Wildman–Crippen MR) is 69.3 cm³/mol. The van der Waals surface area contributed by atoms with E-state index in [0.717, 1.165) is 32.7 Å². The summed E-state index contributed by atoms with van der Waals surface area (Å²) in [5.41, 5.74) is 5.99. The fourth-order valence-corrected chi connectivity index (χ4v) is 2.17. The largest absolute Gasteiger partial charge is 0.335 e. The van der Waals surface area contributed by atoms with Crippen LogP contribution < -0.4 is 5.73 Å². The summed E-state index contributed by atoms with van der Waals surface area (Å²) in [6.07, 6.45) is 3.45. The number of aromatic nitrogens is 2. The van der Waals surface area contributed by atoms with Crippen LogP contribution in [0.2, 0.25) is 0 Å². The summed E-state index contributed by atoms with van der Waals surface area (Å²) in [4.78, 5) is 20.6. The number of likely N-dealkylation sites (N-methyl/N-ethyl adjacent to an activating group) is 1. The maximum atomic E-state index is 12.2. The van der Waals surface area contributed by atoms with Crippen molar-refractivity contribution in [1.82, 2.24) is 19.4 Å². The Bertz CT molecular complexity index is 395. The van der Waals surface area contributed by atoms with Gasteiger partial charge in [-0.15, -0.1) is 0 Å². The van der Waals surface area contributed by atoms with Gasteiger partial charge in [0.2, 0.25) is 0 Å². The third kappa shape index (κ3) is 2.88. The minimum Gasteiger partial charge on any atom is -0.335 e. The first-order valence-corrected chi connectivity index (χ1v) is 6.48. The zero-order chi connectivity index (χ0) is 13.0. The van der Waals surface area contributed by atoms with Gasteiger partial charge in [0.15, 0.2) is 0 Å². The van der Waals surface area contributed by atoms with Crippen LogP contribution in [0.1, 0.15) is 17.4 Å². The minimum atomic E-state index is 0.0292. The molecule has 0 unspecified atom stereocenters. The van der Waals surface area contributed by atoms with Gasteiger partial charge in [-0.3, -0.25) is 4.79 Å². The molecular weight excluding hydrogens is 230 g/mol. The number of nitrogens with zero attached hydrogens (tertiary/aromatic N) is 4. The van der Waals surface area contributed by atoms with Gasteiger partial charge in [-0.2, -0.15) is 0 Å². The second kappa shape index (κ2) is 5.97.